The summed E-state index contributed by atoms with van der Waals surface area (Å²) < 4.78 is 0. The zero-order chi connectivity index (χ0) is 15.2. The Morgan fingerprint density at radius 3 is 1.95 bits per heavy atom. The van der Waals surface area contributed by atoms with Gasteiger partial charge in [0, 0.05) is 11.1 Å². The van der Waals surface area contributed by atoms with Gasteiger partial charge in [0.2, 0.25) is 0 Å². The van der Waals surface area contributed by atoms with Gasteiger partial charge in [-0.2, -0.15) is 0 Å². The highest BCUT2D eigenvalue weighted by Gasteiger charge is 2.14. The number of aromatic hydroxyl groups is 1. The molecular weight excluding hydrogens is 268 g/mol. The lowest BCUT2D eigenvalue weighted by Gasteiger charge is -2.13. The van der Waals surface area contributed by atoms with Crippen molar-refractivity contribution in [3.63, 3.8) is 0 Å². The largest absolute Gasteiger partial charge is 0.508 e. The van der Waals surface area contributed by atoms with Gasteiger partial charge in [-0.25, -0.2) is 0 Å². The Morgan fingerprint density at radius 2 is 1.27 bits per heavy atom. The maximum absolute atomic E-state index is 10.2. The van der Waals surface area contributed by atoms with E-state index < -0.39 is 0 Å². The van der Waals surface area contributed by atoms with Crippen molar-refractivity contribution < 1.29 is 5.11 Å². The Bertz CT molecular complexity index is 795. The maximum atomic E-state index is 10.2. The van der Waals surface area contributed by atoms with Crippen molar-refractivity contribution in [1.29, 1.82) is 0 Å². The molecule has 0 bridgehead atoms. The van der Waals surface area contributed by atoms with Crippen LogP contribution in [0.3, 0.4) is 0 Å². The van der Waals surface area contributed by atoms with Gasteiger partial charge in [0.25, 0.3) is 0 Å². The van der Waals surface area contributed by atoms with E-state index in [2.05, 4.69) is 11.8 Å². The van der Waals surface area contributed by atoms with Crippen LogP contribution < -0.4 is 0 Å². The molecule has 1 unspecified atom stereocenters. The Hall–Kier alpha value is -2.98. The second-order valence-corrected chi connectivity index (χ2v) is 5.04. The first kappa shape index (κ1) is 14.0. The summed E-state index contributed by atoms with van der Waals surface area (Å²) in [6, 6.07) is 27.3. The number of hydrogen-bond donors (Lipinski definition) is 1. The smallest absolute Gasteiger partial charge is 0.120 e. The Labute approximate surface area is 130 Å². The molecule has 106 valence electrons. The summed E-state index contributed by atoms with van der Waals surface area (Å²) in [6.07, 6.45) is 0. The van der Waals surface area contributed by atoms with Gasteiger partial charge in [-0.1, -0.05) is 78.6 Å². The molecule has 0 saturated carbocycles. The number of benzene rings is 3. The molecule has 0 aromatic heterocycles. The highest BCUT2D eigenvalue weighted by atomic mass is 16.3. The fourth-order valence-corrected chi connectivity index (χ4v) is 2.39. The fraction of sp³-hybridized carbons (Fsp3) is 0.0476. The molecule has 22 heavy (non-hydrogen) atoms. The molecule has 0 fully saturated rings. The highest BCUT2D eigenvalue weighted by Crippen LogP contribution is 2.30. The molecule has 0 aliphatic heterocycles. The topological polar surface area (TPSA) is 20.2 Å². The van der Waals surface area contributed by atoms with E-state index in [-0.39, 0.29) is 11.7 Å². The molecule has 0 radical (unpaired) electrons. The molecule has 0 aliphatic rings. The van der Waals surface area contributed by atoms with E-state index in [0.717, 1.165) is 16.7 Å². The second-order valence-electron chi connectivity index (χ2n) is 5.04. The standard InChI is InChI=1S/C21H16O/c22-21-14-8-7-13-20(21)19(18-11-5-2-6-12-18)16-15-17-9-3-1-4-10-17/h1-14,19,22H. The Morgan fingerprint density at radius 1 is 0.682 bits per heavy atom. The van der Waals surface area contributed by atoms with Crippen LogP contribution in [0.4, 0.5) is 0 Å². The van der Waals surface area contributed by atoms with E-state index in [4.69, 9.17) is 0 Å². The predicted molar refractivity (Wildman–Crippen MR) is 89.7 cm³/mol. The van der Waals surface area contributed by atoms with Crippen molar-refractivity contribution in [2.75, 3.05) is 0 Å². The number of phenolic OH excluding ortho intramolecular Hbond substituents is 1. The summed E-state index contributed by atoms with van der Waals surface area (Å²) in [5.41, 5.74) is 2.88. The monoisotopic (exact) mass is 284 g/mol. The van der Waals surface area contributed by atoms with Gasteiger partial charge in [0.1, 0.15) is 5.75 Å². The van der Waals surface area contributed by atoms with Crippen molar-refractivity contribution in [3.05, 3.63) is 102 Å². The van der Waals surface area contributed by atoms with Crippen LogP contribution in [0, 0.1) is 11.8 Å². The highest BCUT2D eigenvalue weighted by molar-refractivity contribution is 5.48. The molecule has 1 nitrogen and oxygen atoms in total. The lowest BCUT2D eigenvalue weighted by atomic mass is 9.91. The summed E-state index contributed by atoms with van der Waals surface area (Å²) in [5, 5.41) is 10.2. The zero-order valence-corrected chi connectivity index (χ0v) is 12.1. The number of hydrogen-bond acceptors (Lipinski definition) is 1. The molecule has 0 aliphatic carbocycles. The molecule has 3 rings (SSSR count). The molecule has 1 heteroatoms. The Balaban J connectivity index is 2.05. The minimum atomic E-state index is -0.150. The third kappa shape index (κ3) is 3.19. The minimum Gasteiger partial charge on any atom is -0.508 e. The molecule has 1 N–H and O–H groups in total. The van der Waals surface area contributed by atoms with Gasteiger partial charge in [-0.3, -0.25) is 0 Å². The van der Waals surface area contributed by atoms with Gasteiger partial charge in [-0.05, 0) is 23.8 Å². The van der Waals surface area contributed by atoms with Crippen molar-refractivity contribution in [1.82, 2.24) is 0 Å². The Kier molecular flexibility index (Phi) is 4.22. The van der Waals surface area contributed by atoms with Gasteiger partial charge in [0.05, 0.1) is 5.92 Å². The molecule has 0 saturated heterocycles. The maximum Gasteiger partial charge on any atom is 0.120 e. The lowest BCUT2D eigenvalue weighted by molar-refractivity contribution is 0.468. The van der Waals surface area contributed by atoms with E-state index >= 15 is 0 Å². The molecule has 0 spiro atoms. The third-order valence-corrected chi connectivity index (χ3v) is 3.52. The second kappa shape index (κ2) is 6.65. The van der Waals surface area contributed by atoms with Crippen LogP contribution in [0.15, 0.2) is 84.9 Å². The van der Waals surface area contributed by atoms with Gasteiger partial charge >= 0.3 is 0 Å². The first-order valence-corrected chi connectivity index (χ1v) is 7.24. The summed E-state index contributed by atoms with van der Waals surface area (Å²) >= 11 is 0. The summed E-state index contributed by atoms with van der Waals surface area (Å²) in [7, 11) is 0. The van der Waals surface area contributed by atoms with Crippen LogP contribution in [0.5, 0.6) is 5.75 Å². The summed E-state index contributed by atoms with van der Waals surface area (Å²) in [6.45, 7) is 0. The van der Waals surface area contributed by atoms with Gasteiger partial charge < -0.3 is 5.11 Å². The number of para-hydroxylation sites is 1. The van der Waals surface area contributed by atoms with Crippen LogP contribution in [0.2, 0.25) is 0 Å². The van der Waals surface area contributed by atoms with Crippen LogP contribution in [0.1, 0.15) is 22.6 Å². The van der Waals surface area contributed by atoms with Crippen LogP contribution in [0.25, 0.3) is 0 Å². The van der Waals surface area contributed by atoms with Crippen LogP contribution >= 0.6 is 0 Å². The molecule has 0 heterocycles. The van der Waals surface area contributed by atoms with Crippen molar-refractivity contribution in [3.8, 4) is 17.6 Å². The van der Waals surface area contributed by atoms with Crippen LogP contribution in [-0.2, 0) is 0 Å². The first-order chi connectivity index (χ1) is 10.8. The van der Waals surface area contributed by atoms with Gasteiger partial charge in [-0.15, -0.1) is 0 Å². The number of rotatable bonds is 2. The third-order valence-electron chi connectivity index (χ3n) is 3.52. The average molecular weight is 284 g/mol. The summed E-state index contributed by atoms with van der Waals surface area (Å²) in [4.78, 5) is 0. The van der Waals surface area contributed by atoms with Crippen molar-refractivity contribution >= 4 is 0 Å². The van der Waals surface area contributed by atoms with E-state index in [1.807, 2.05) is 78.9 Å². The van der Waals surface area contributed by atoms with Crippen molar-refractivity contribution in [2.24, 2.45) is 0 Å². The fourth-order valence-electron chi connectivity index (χ4n) is 2.39. The lowest BCUT2D eigenvalue weighted by Crippen LogP contribution is -1.98. The minimum absolute atomic E-state index is 0.150. The quantitative estimate of drug-likeness (QED) is 0.683. The van der Waals surface area contributed by atoms with Crippen LogP contribution in [-0.4, -0.2) is 5.11 Å². The first-order valence-electron chi connectivity index (χ1n) is 7.24. The van der Waals surface area contributed by atoms with Gasteiger partial charge in [0.15, 0.2) is 0 Å². The predicted octanol–water partition coefficient (Wildman–Crippen LogP) is 4.58. The van der Waals surface area contributed by atoms with E-state index in [1.165, 1.54) is 0 Å². The van der Waals surface area contributed by atoms with E-state index in [1.54, 1.807) is 6.07 Å². The summed E-state index contributed by atoms with van der Waals surface area (Å²) in [5.74, 6) is 6.63. The normalized spacial score (nSPS) is 11.3. The SMILES string of the molecule is Oc1ccccc1C(C#Cc1ccccc1)c1ccccc1. The molecular formula is C21H16O. The van der Waals surface area contributed by atoms with Crippen molar-refractivity contribution in [2.45, 2.75) is 5.92 Å². The average Bonchev–Trinajstić information content (AvgIpc) is 2.58. The number of phenols is 1. The molecule has 3 aromatic carbocycles. The molecule has 0 amide bonds. The molecule has 1 atom stereocenters. The molecule has 3 aromatic rings. The zero-order valence-electron chi connectivity index (χ0n) is 12.1. The van der Waals surface area contributed by atoms with E-state index in [0.29, 0.717) is 0 Å². The van der Waals surface area contributed by atoms with E-state index in [9.17, 15) is 5.11 Å².